The molecule has 1 saturated heterocycles. The summed E-state index contributed by atoms with van der Waals surface area (Å²) in [6.45, 7) is 4.79. The third-order valence-electron chi connectivity index (χ3n) is 4.48. The summed E-state index contributed by atoms with van der Waals surface area (Å²) in [6.07, 6.45) is -0.690. The zero-order valence-corrected chi connectivity index (χ0v) is 14.5. The largest absolute Gasteiger partial charge is 0.465 e. The van der Waals surface area contributed by atoms with Crippen molar-refractivity contribution >= 4 is 22.7 Å². The number of halogens is 1. The van der Waals surface area contributed by atoms with Gasteiger partial charge in [0.2, 0.25) is 0 Å². The Kier molecular flexibility index (Phi) is 4.82. The number of nitrogens with zero attached hydrogens (tertiary/aromatic N) is 2. The molecule has 2 heterocycles. The van der Waals surface area contributed by atoms with Gasteiger partial charge in [-0.3, -0.25) is 19.2 Å². The van der Waals surface area contributed by atoms with Crippen LogP contribution in [0.25, 0.3) is 10.9 Å². The fourth-order valence-corrected chi connectivity index (χ4v) is 3.26. The van der Waals surface area contributed by atoms with Gasteiger partial charge in [0.05, 0.1) is 23.2 Å². The SMILES string of the molecule is CC(C)n1c(=O)n(CC2CCOC2)c(=O)c2cc(NC(=O)O)c(F)cc21. The Balaban J connectivity index is 2.27. The third kappa shape index (κ3) is 3.22. The predicted molar refractivity (Wildman–Crippen MR) is 93.4 cm³/mol. The number of carboxylic acid groups (broad SMARTS) is 1. The average Bonchev–Trinajstić information content (AvgIpc) is 3.05. The van der Waals surface area contributed by atoms with Crippen LogP contribution in [-0.4, -0.2) is 33.5 Å². The van der Waals surface area contributed by atoms with Gasteiger partial charge < -0.3 is 9.84 Å². The van der Waals surface area contributed by atoms with Crippen molar-refractivity contribution in [2.75, 3.05) is 18.5 Å². The van der Waals surface area contributed by atoms with Gasteiger partial charge in [0.1, 0.15) is 5.82 Å². The van der Waals surface area contributed by atoms with Gasteiger partial charge >= 0.3 is 11.8 Å². The van der Waals surface area contributed by atoms with Crippen molar-refractivity contribution < 1.29 is 19.0 Å². The van der Waals surface area contributed by atoms with Gasteiger partial charge in [0, 0.05) is 31.2 Å². The van der Waals surface area contributed by atoms with Gasteiger partial charge in [-0.25, -0.2) is 14.0 Å². The summed E-state index contributed by atoms with van der Waals surface area (Å²) >= 11 is 0. The Hall–Kier alpha value is -2.68. The molecule has 2 N–H and O–H groups in total. The van der Waals surface area contributed by atoms with Crippen LogP contribution in [0.5, 0.6) is 0 Å². The van der Waals surface area contributed by atoms with Crippen LogP contribution in [0, 0.1) is 11.7 Å². The molecule has 0 spiro atoms. The molecule has 0 radical (unpaired) electrons. The average molecular weight is 365 g/mol. The van der Waals surface area contributed by atoms with E-state index in [1.807, 2.05) is 5.32 Å². The first-order valence-electron chi connectivity index (χ1n) is 8.36. The first-order valence-corrected chi connectivity index (χ1v) is 8.36. The van der Waals surface area contributed by atoms with Crippen molar-refractivity contribution in [2.45, 2.75) is 32.9 Å². The highest BCUT2D eigenvalue weighted by atomic mass is 19.1. The molecule has 1 aromatic heterocycles. The number of anilines is 1. The van der Waals surface area contributed by atoms with E-state index in [0.717, 1.165) is 23.1 Å². The molecule has 140 valence electrons. The predicted octanol–water partition coefficient (Wildman–Crippen LogP) is 2.01. The topological polar surface area (TPSA) is 103 Å². The fourth-order valence-electron chi connectivity index (χ4n) is 3.26. The molecule has 0 aliphatic carbocycles. The van der Waals surface area contributed by atoms with E-state index in [-0.39, 0.29) is 35.1 Å². The number of nitrogens with one attached hydrogen (secondary N) is 1. The van der Waals surface area contributed by atoms with Gasteiger partial charge in [-0.15, -0.1) is 0 Å². The second kappa shape index (κ2) is 6.91. The molecule has 26 heavy (non-hydrogen) atoms. The van der Waals surface area contributed by atoms with Crippen LogP contribution in [0.1, 0.15) is 26.3 Å². The van der Waals surface area contributed by atoms with Gasteiger partial charge in [-0.1, -0.05) is 0 Å². The van der Waals surface area contributed by atoms with Crippen LogP contribution >= 0.6 is 0 Å². The summed E-state index contributed by atoms with van der Waals surface area (Å²) in [7, 11) is 0. The van der Waals surface area contributed by atoms with E-state index >= 15 is 0 Å². The molecule has 1 unspecified atom stereocenters. The number of aromatic nitrogens is 2. The molecule has 0 bridgehead atoms. The Morgan fingerprint density at radius 1 is 1.42 bits per heavy atom. The normalized spacial score (nSPS) is 17.2. The fraction of sp³-hybridized carbons (Fsp3) is 0.471. The zero-order chi connectivity index (χ0) is 19.0. The van der Waals surface area contributed by atoms with E-state index in [0.29, 0.717) is 13.2 Å². The summed E-state index contributed by atoms with van der Waals surface area (Å²) in [5.41, 5.74) is -1.26. The second-order valence-corrected chi connectivity index (χ2v) is 6.67. The molecule has 1 amide bonds. The lowest BCUT2D eigenvalue weighted by molar-refractivity contribution is 0.181. The third-order valence-corrected chi connectivity index (χ3v) is 4.48. The maximum atomic E-state index is 14.2. The number of hydrogen-bond acceptors (Lipinski definition) is 4. The van der Waals surface area contributed by atoms with Crippen LogP contribution in [0.15, 0.2) is 21.7 Å². The van der Waals surface area contributed by atoms with Crippen molar-refractivity contribution in [1.29, 1.82) is 0 Å². The van der Waals surface area contributed by atoms with Crippen molar-refractivity contribution in [3.8, 4) is 0 Å². The first-order chi connectivity index (χ1) is 12.3. The standard InChI is InChI=1S/C17H20FN3O5/c1-9(2)21-14-6-12(18)13(19-16(23)24)5-11(14)15(22)20(17(21)25)7-10-3-4-26-8-10/h5-6,9-10,19H,3-4,7-8H2,1-2H3,(H,23,24). The monoisotopic (exact) mass is 365 g/mol. The van der Waals surface area contributed by atoms with Crippen molar-refractivity contribution in [1.82, 2.24) is 9.13 Å². The molecule has 9 heteroatoms. The lowest BCUT2D eigenvalue weighted by Gasteiger charge is -2.19. The number of fused-ring (bicyclic) bond motifs is 1. The van der Waals surface area contributed by atoms with Gasteiger partial charge in [0.25, 0.3) is 5.56 Å². The van der Waals surface area contributed by atoms with Crippen molar-refractivity contribution in [2.24, 2.45) is 5.92 Å². The Labute approximate surface area is 147 Å². The lowest BCUT2D eigenvalue weighted by atomic mass is 10.1. The summed E-state index contributed by atoms with van der Waals surface area (Å²) in [4.78, 5) is 36.6. The minimum absolute atomic E-state index is 0.0514. The van der Waals surface area contributed by atoms with E-state index in [1.54, 1.807) is 13.8 Å². The van der Waals surface area contributed by atoms with Crippen LogP contribution in [0.3, 0.4) is 0 Å². The number of carbonyl (C=O) groups is 1. The van der Waals surface area contributed by atoms with Crippen molar-refractivity contribution in [3.05, 3.63) is 38.8 Å². The summed E-state index contributed by atoms with van der Waals surface area (Å²) < 4.78 is 22.0. The van der Waals surface area contributed by atoms with Crippen molar-refractivity contribution in [3.63, 3.8) is 0 Å². The van der Waals surface area contributed by atoms with Crippen LogP contribution < -0.4 is 16.6 Å². The zero-order valence-electron chi connectivity index (χ0n) is 14.5. The van der Waals surface area contributed by atoms with E-state index < -0.39 is 23.2 Å². The quantitative estimate of drug-likeness (QED) is 0.863. The van der Waals surface area contributed by atoms with Crippen LogP contribution in [0.2, 0.25) is 0 Å². The molecule has 1 atom stereocenters. The molecule has 1 fully saturated rings. The number of rotatable bonds is 4. The molecule has 1 aliphatic rings. The summed E-state index contributed by atoms with van der Waals surface area (Å²) in [6, 6.07) is 1.85. The Morgan fingerprint density at radius 3 is 2.73 bits per heavy atom. The number of ether oxygens (including phenoxy) is 1. The molecule has 1 aromatic carbocycles. The maximum absolute atomic E-state index is 14.2. The van der Waals surface area contributed by atoms with E-state index in [4.69, 9.17) is 9.84 Å². The minimum atomic E-state index is -1.44. The summed E-state index contributed by atoms with van der Waals surface area (Å²) in [5.74, 6) is -0.800. The number of amides is 1. The molecule has 3 rings (SSSR count). The lowest BCUT2D eigenvalue weighted by Crippen LogP contribution is -2.42. The van der Waals surface area contributed by atoms with Crippen LogP contribution in [-0.2, 0) is 11.3 Å². The smallest absolute Gasteiger partial charge is 0.409 e. The highest BCUT2D eigenvalue weighted by Gasteiger charge is 2.22. The van der Waals surface area contributed by atoms with E-state index in [9.17, 15) is 18.8 Å². The molecule has 0 saturated carbocycles. The molecular formula is C17H20FN3O5. The Bertz CT molecular complexity index is 973. The maximum Gasteiger partial charge on any atom is 0.409 e. The van der Waals surface area contributed by atoms with Gasteiger partial charge in [-0.2, -0.15) is 0 Å². The molecule has 2 aromatic rings. The first kappa shape index (κ1) is 18.1. The highest BCUT2D eigenvalue weighted by Crippen LogP contribution is 2.22. The molecular weight excluding hydrogens is 345 g/mol. The van der Waals surface area contributed by atoms with E-state index in [1.165, 1.54) is 4.57 Å². The van der Waals surface area contributed by atoms with E-state index in [2.05, 4.69) is 0 Å². The second-order valence-electron chi connectivity index (χ2n) is 6.67. The Morgan fingerprint density at radius 2 is 2.15 bits per heavy atom. The molecule has 1 aliphatic heterocycles. The van der Waals surface area contributed by atoms with Gasteiger partial charge in [0.15, 0.2) is 0 Å². The highest BCUT2D eigenvalue weighted by molar-refractivity contribution is 5.89. The van der Waals surface area contributed by atoms with Crippen LogP contribution in [0.4, 0.5) is 14.9 Å². The van der Waals surface area contributed by atoms with Gasteiger partial charge in [-0.05, 0) is 26.3 Å². The number of benzene rings is 1. The minimum Gasteiger partial charge on any atom is -0.465 e. The molecule has 8 nitrogen and oxygen atoms in total. The number of hydrogen-bond donors (Lipinski definition) is 2. The summed E-state index contributed by atoms with van der Waals surface area (Å²) in [5, 5.41) is 10.9.